The molecule has 0 spiro atoms. The van der Waals surface area contributed by atoms with Gasteiger partial charge in [0, 0.05) is 6.54 Å². The number of nitrogens with zero attached hydrogens (tertiary/aromatic N) is 1. The SMILES string of the molecule is CN([13CH3])C(C[13CH3])C(=O)NCCC(=O)O. The normalized spacial score (nSPS) is 12.6. The van der Waals surface area contributed by atoms with Crippen molar-refractivity contribution in [2.24, 2.45) is 0 Å². The number of aliphatic carboxylic acids is 1. The Kier molecular flexibility index (Phi) is 5.87. The van der Waals surface area contributed by atoms with Gasteiger partial charge in [-0.05, 0) is 20.5 Å². The number of hydrogen-bond donors (Lipinski definition) is 2. The summed E-state index contributed by atoms with van der Waals surface area (Å²) in [5.41, 5.74) is 0. The van der Waals surface area contributed by atoms with E-state index in [0.29, 0.717) is 6.42 Å². The third kappa shape index (κ3) is 4.81. The maximum atomic E-state index is 11.5. The number of carbonyl (C=O) groups excluding carboxylic acids is 1. The summed E-state index contributed by atoms with van der Waals surface area (Å²) in [5, 5.41) is 11.0. The molecule has 1 amide bonds. The second-order valence-corrected chi connectivity index (χ2v) is 3.32. The lowest BCUT2D eigenvalue weighted by Gasteiger charge is -2.21. The molecule has 2 N–H and O–H groups in total. The molecule has 0 aliphatic heterocycles. The third-order valence-corrected chi connectivity index (χ3v) is 1.95. The van der Waals surface area contributed by atoms with Gasteiger partial charge in [0.25, 0.3) is 0 Å². The molecule has 0 aliphatic carbocycles. The monoisotopic (exact) mass is 204 g/mol. The molecule has 0 aromatic heterocycles. The number of nitrogens with one attached hydrogen (secondary N) is 1. The Hall–Kier alpha value is -1.10. The lowest BCUT2D eigenvalue weighted by molar-refractivity contribution is -0.137. The highest BCUT2D eigenvalue weighted by molar-refractivity contribution is 5.82. The third-order valence-electron chi connectivity index (χ3n) is 1.95. The maximum Gasteiger partial charge on any atom is 0.305 e. The lowest BCUT2D eigenvalue weighted by atomic mass is 10.2. The highest BCUT2D eigenvalue weighted by Gasteiger charge is 2.17. The second-order valence-electron chi connectivity index (χ2n) is 3.32. The minimum absolute atomic E-state index is 0.0321. The minimum Gasteiger partial charge on any atom is -0.481 e. The molecule has 0 heterocycles. The smallest absolute Gasteiger partial charge is 0.305 e. The van der Waals surface area contributed by atoms with Gasteiger partial charge in [0.15, 0.2) is 0 Å². The van der Waals surface area contributed by atoms with E-state index < -0.39 is 5.97 Å². The first-order valence-corrected chi connectivity index (χ1v) is 4.65. The number of rotatable bonds is 6. The Bertz CT molecular complexity index is 204. The molecule has 0 aromatic rings. The van der Waals surface area contributed by atoms with Gasteiger partial charge in [-0.1, -0.05) is 6.92 Å². The largest absolute Gasteiger partial charge is 0.481 e. The van der Waals surface area contributed by atoms with E-state index >= 15 is 0 Å². The van der Waals surface area contributed by atoms with E-state index in [2.05, 4.69) is 5.32 Å². The van der Waals surface area contributed by atoms with Gasteiger partial charge in [0.2, 0.25) is 5.91 Å². The van der Waals surface area contributed by atoms with Gasteiger partial charge in [0.05, 0.1) is 12.5 Å². The zero-order valence-corrected chi connectivity index (χ0v) is 8.91. The van der Waals surface area contributed by atoms with Crippen molar-refractivity contribution in [3.63, 3.8) is 0 Å². The van der Waals surface area contributed by atoms with Gasteiger partial charge in [-0.25, -0.2) is 0 Å². The molecular formula is C9H18N2O3. The first-order chi connectivity index (χ1) is 6.49. The zero-order valence-electron chi connectivity index (χ0n) is 8.91. The average molecular weight is 204 g/mol. The van der Waals surface area contributed by atoms with Crippen molar-refractivity contribution in [2.45, 2.75) is 25.8 Å². The quantitative estimate of drug-likeness (QED) is 0.594. The fourth-order valence-corrected chi connectivity index (χ4v) is 1.20. The molecule has 0 fully saturated rings. The van der Waals surface area contributed by atoms with Crippen molar-refractivity contribution in [3.05, 3.63) is 0 Å². The van der Waals surface area contributed by atoms with E-state index in [9.17, 15) is 9.59 Å². The number of hydrogen-bond acceptors (Lipinski definition) is 3. The molecule has 0 saturated carbocycles. The molecule has 1 atom stereocenters. The van der Waals surface area contributed by atoms with Crippen LogP contribution >= 0.6 is 0 Å². The summed E-state index contributed by atoms with van der Waals surface area (Å²) < 4.78 is 0. The fourth-order valence-electron chi connectivity index (χ4n) is 1.20. The van der Waals surface area contributed by atoms with Gasteiger partial charge < -0.3 is 10.4 Å². The van der Waals surface area contributed by atoms with Crippen molar-refractivity contribution < 1.29 is 14.7 Å². The standard InChI is InChI=1S/C9H18N2O3/c1-4-7(11(2)3)9(14)10-6-5-8(12)13/h7H,4-6H2,1-3H3,(H,10,14)(H,12,13)/i1+1,2+1. The Balaban J connectivity index is 3.87. The number of carboxylic acids is 1. The Labute approximate surface area is 84.1 Å². The summed E-state index contributed by atoms with van der Waals surface area (Å²) in [4.78, 5) is 23.5. The Morgan fingerprint density at radius 2 is 2.00 bits per heavy atom. The van der Waals surface area contributed by atoms with Crippen LogP contribution < -0.4 is 5.32 Å². The summed E-state index contributed by atoms with van der Waals surface area (Å²) in [6, 6.07) is -0.177. The summed E-state index contributed by atoms with van der Waals surface area (Å²) in [7, 11) is 3.65. The van der Waals surface area contributed by atoms with Gasteiger partial charge in [0.1, 0.15) is 0 Å². The summed E-state index contributed by atoms with van der Waals surface area (Å²) in [6.07, 6.45) is 0.682. The van der Waals surface area contributed by atoms with E-state index in [-0.39, 0.29) is 24.9 Å². The molecule has 0 aliphatic rings. The molecule has 0 aromatic carbocycles. The van der Waals surface area contributed by atoms with Crippen LogP contribution in [0.3, 0.4) is 0 Å². The summed E-state index contributed by atoms with van der Waals surface area (Å²) in [5.74, 6) is -1.01. The van der Waals surface area contributed by atoms with E-state index in [1.807, 2.05) is 25.9 Å². The summed E-state index contributed by atoms with van der Waals surface area (Å²) >= 11 is 0. The Morgan fingerprint density at radius 1 is 1.43 bits per heavy atom. The molecule has 5 heteroatoms. The molecule has 0 bridgehead atoms. The Morgan fingerprint density at radius 3 is 2.36 bits per heavy atom. The van der Waals surface area contributed by atoms with E-state index in [1.54, 1.807) is 0 Å². The second kappa shape index (κ2) is 6.37. The fraction of sp³-hybridized carbons (Fsp3) is 0.778. The number of carbonyl (C=O) groups is 2. The van der Waals surface area contributed by atoms with Crippen molar-refractivity contribution >= 4 is 11.9 Å². The summed E-state index contributed by atoms with van der Waals surface area (Å²) in [6.45, 7) is 2.11. The number of carboxylic acid groups (broad SMARTS) is 1. The predicted octanol–water partition coefficient (Wildman–Crippen LogP) is -0.0825. The average Bonchev–Trinajstić information content (AvgIpc) is 2.03. The van der Waals surface area contributed by atoms with Crippen molar-refractivity contribution in [1.82, 2.24) is 10.2 Å². The molecule has 82 valence electrons. The maximum absolute atomic E-state index is 11.5. The van der Waals surface area contributed by atoms with Crippen LogP contribution in [0.15, 0.2) is 0 Å². The minimum atomic E-state index is -0.900. The molecule has 0 saturated heterocycles. The van der Waals surface area contributed by atoms with Crippen LogP contribution in [-0.4, -0.2) is 48.6 Å². The van der Waals surface area contributed by atoms with Gasteiger partial charge >= 0.3 is 5.97 Å². The van der Waals surface area contributed by atoms with E-state index in [1.165, 1.54) is 0 Å². The van der Waals surface area contributed by atoms with Gasteiger partial charge in [-0.15, -0.1) is 0 Å². The highest BCUT2D eigenvalue weighted by atomic mass is 16.4. The van der Waals surface area contributed by atoms with Crippen molar-refractivity contribution in [1.29, 1.82) is 0 Å². The van der Waals surface area contributed by atoms with Crippen LogP contribution in [0.4, 0.5) is 0 Å². The predicted molar refractivity (Wildman–Crippen MR) is 53.0 cm³/mol. The van der Waals surface area contributed by atoms with Crippen LogP contribution in [0.1, 0.15) is 19.8 Å². The van der Waals surface area contributed by atoms with Crippen molar-refractivity contribution in [2.75, 3.05) is 20.6 Å². The molecule has 14 heavy (non-hydrogen) atoms. The van der Waals surface area contributed by atoms with E-state index in [0.717, 1.165) is 0 Å². The van der Waals surface area contributed by atoms with Gasteiger partial charge in [-0.2, -0.15) is 0 Å². The number of likely N-dealkylation sites (N-methyl/N-ethyl adjacent to an activating group) is 1. The number of amides is 1. The van der Waals surface area contributed by atoms with Crippen molar-refractivity contribution in [3.8, 4) is 0 Å². The first kappa shape index (κ1) is 12.9. The van der Waals surface area contributed by atoms with Crippen LogP contribution in [0, 0.1) is 0 Å². The molecule has 5 nitrogen and oxygen atoms in total. The first-order valence-electron chi connectivity index (χ1n) is 4.65. The van der Waals surface area contributed by atoms with Crippen LogP contribution in [0.25, 0.3) is 0 Å². The van der Waals surface area contributed by atoms with E-state index in [4.69, 9.17) is 5.11 Å². The molecule has 0 radical (unpaired) electrons. The highest BCUT2D eigenvalue weighted by Crippen LogP contribution is 1.98. The zero-order chi connectivity index (χ0) is 11.1. The van der Waals surface area contributed by atoms with Gasteiger partial charge in [-0.3, -0.25) is 14.5 Å². The lowest BCUT2D eigenvalue weighted by Crippen LogP contribution is -2.43. The molecule has 0 rings (SSSR count). The molecular weight excluding hydrogens is 186 g/mol. The molecule has 1 unspecified atom stereocenters. The topological polar surface area (TPSA) is 69.6 Å². The van der Waals surface area contributed by atoms with Crippen LogP contribution in [0.2, 0.25) is 0 Å². The van der Waals surface area contributed by atoms with Crippen LogP contribution in [0.5, 0.6) is 0 Å². The van der Waals surface area contributed by atoms with Crippen LogP contribution in [-0.2, 0) is 9.59 Å².